The van der Waals surface area contributed by atoms with Crippen molar-refractivity contribution in [2.75, 3.05) is 18.5 Å². The van der Waals surface area contributed by atoms with E-state index in [2.05, 4.69) is 22.1 Å². The van der Waals surface area contributed by atoms with Gasteiger partial charge in [0.1, 0.15) is 5.82 Å². The van der Waals surface area contributed by atoms with Crippen molar-refractivity contribution in [3.05, 3.63) is 23.9 Å². The highest BCUT2D eigenvalue weighted by atomic mass is 16.5. The number of hydrogen-bond acceptors (Lipinski definition) is 4. The molecule has 1 aliphatic heterocycles. The Labute approximate surface area is 118 Å². The van der Waals surface area contributed by atoms with Crippen LogP contribution < -0.4 is 11.1 Å². The molecule has 1 aliphatic rings. The summed E-state index contributed by atoms with van der Waals surface area (Å²) >= 11 is 0. The van der Waals surface area contributed by atoms with Gasteiger partial charge in [0.2, 0.25) is 5.91 Å². The van der Waals surface area contributed by atoms with Crippen LogP contribution in [0.3, 0.4) is 0 Å². The number of pyridine rings is 1. The van der Waals surface area contributed by atoms with E-state index in [4.69, 9.17) is 10.5 Å². The molecule has 0 spiro atoms. The van der Waals surface area contributed by atoms with Gasteiger partial charge in [-0.3, -0.25) is 4.79 Å². The van der Waals surface area contributed by atoms with Crippen LogP contribution in [-0.2, 0) is 9.53 Å². The lowest BCUT2D eigenvalue weighted by atomic mass is 9.99. The summed E-state index contributed by atoms with van der Waals surface area (Å²) in [7, 11) is 0. The molecule has 0 aliphatic carbocycles. The van der Waals surface area contributed by atoms with Crippen molar-refractivity contribution in [2.24, 2.45) is 11.7 Å². The quantitative estimate of drug-likeness (QED) is 0.810. The van der Waals surface area contributed by atoms with Crippen LogP contribution >= 0.6 is 0 Å². The van der Waals surface area contributed by atoms with E-state index in [1.54, 1.807) is 18.3 Å². The van der Waals surface area contributed by atoms with E-state index >= 15 is 0 Å². The zero-order chi connectivity index (χ0) is 14.4. The molecule has 20 heavy (non-hydrogen) atoms. The topological polar surface area (TPSA) is 77.2 Å². The van der Waals surface area contributed by atoms with E-state index < -0.39 is 0 Å². The number of aromatic nitrogens is 1. The van der Waals surface area contributed by atoms with Crippen molar-refractivity contribution in [2.45, 2.75) is 25.9 Å². The van der Waals surface area contributed by atoms with Gasteiger partial charge < -0.3 is 15.8 Å². The fraction of sp³-hybridized carbons (Fsp3) is 0.467. The number of carbonyl (C=O) groups excluding carboxylic acids is 1. The Morgan fingerprint density at radius 1 is 1.65 bits per heavy atom. The lowest BCUT2D eigenvalue weighted by Crippen LogP contribution is -2.29. The van der Waals surface area contributed by atoms with Gasteiger partial charge in [0.25, 0.3) is 0 Å². The first-order chi connectivity index (χ1) is 9.74. The maximum atomic E-state index is 12.2. The Kier molecular flexibility index (Phi) is 5.10. The number of ether oxygens (including phenoxy) is 1. The van der Waals surface area contributed by atoms with Crippen LogP contribution in [0.1, 0.15) is 25.3 Å². The third-order valence-corrected chi connectivity index (χ3v) is 3.29. The summed E-state index contributed by atoms with van der Waals surface area (Å²) in [6.45, 7) is 2.98. The molecular formula is C15H19N3O2. The molecule has 2 heterocycles. The molecule has 3 N–H and O–H groups in total. The molecule has 5 heteroatoms. The van der Waals surface area contributed by atoms with Crippen molar-refractivity contribution in [3.8, 4) is 11.8 Å². The SMILES string of the molecule is CCC1OCCC1C(=O)Nc1cc(C#CCN)ccn1. The monoisotopic (exact) mass is 273 g/mol. The largest absolute Gasteiger partial charge is 0.377 e. The smallest absolute Gasteiger partial charge is 0.231 e. The van der Waals surface area contributed by atoms with E-state index in [9.17, 15) is 4.79 Å². The minimum atomic E-state index is -0.0967. The molecular weight excluding hydrogens is 254 g/mol. The van der Waals surface area contributed by atoms with E-state index in [1.807, 2.05) is 6.92 Å². The molecule has 1 amide bonds. The number of anilines is 1. The zero-order valence-corrected chi connectivity index (χ0v) is 11.6. The van der Waals surface area contributed by atoms with Crippen molar-refractivity contribution in [1.29, 1.82) is 0 Å². The lowest BCUT2D eigenvalue weighted by molar-refractivity contribution is -0.121. The summed E-state index contributed by atoms with van der Waals surface area (Å²) in [5.41, 5.74) is 6.12. The Morgan fingerprint density at radius 2 is 2.50 bits per heavy atom. The highest BCUT2D eigenvalue weighted by Gasteiger charge is 2.32. The summed E-state index contributed by atoms with van der Waals surface area (Å²) in [4.78, 5) is 16.4. The fourth-order valence-electron chi connectivity index (χ4n) is 2.30. The van der Waals surface area contributed by atoms with E-state index in [-0.39, 0.29) is 17.9 Å². The third kappa shape index (κ3) is 3.56. The second-order valence-corrected chi connectivity index (χ2v) is 4.64. The predicted molar refractivity (Wildman–Crippen MR) is 76.9 cm³/mol. The summed E-state index contributed by atoms with van der Waals surface area (Å²) in [5, 5.41) is 2.84. The molecule has 0 aromatic carbocycles. The van der Waals surface area contributed by atoms with Crippen molar-refractivity contribution < 1.29 is 9.53 Å². The number of nitrogens with two attached hydrogens (primary N) is 1. The standard InChI is InChI=1S/C15H19N3O2/c1-2-13-12(6-9-20-13)15(19)18-14-10-11(4-3-7-16)5-8-17-14/h5,8,10,12-13H,2,6-7,9,16H2,1H3,(H,17,18,19). The molecule has 0 saturated carbocycles. The third-order valence-electron chi connectivity index (χ3n) is 3.29. The van der Waals surface area contributed by atoms with Crippen molar-refractivity contribution in [3.63, 3.8) is 0 Å². The molecule has 106 valence electrons. The summed E-state index contributed by atoms with van der Waals surface area (Å²) in [5.74, 6) is 6.07. The summed E-state index contributed by atoms with van der Waals surface area (Å²) in [6, 6.07) is 3.53. The molecule has 2 unspecified atom stereocenters. The van der Waals surface area contributed by atoms with Gasteiger partial charge in [-0.2, -0.15) is 0 Å². The Bertz CT molecular complexity index is 533. The maximum Gasteiger partial charge on any atom is 0.231 e. The number of carbonyl (C=O) groups is 1. The van der Waals surface area contributed by atoms with Gasteiger partial charge in [-0.15, -0.1) is 0 Å². The minimum Gasteiger partial charge on any atom is -0.377 e. The molecule has 1 saturated heterocycles. The zero-order valence-electron chi connectivity index (χ0n) is 11.6. The highest BCUT2D eigenvalue weighted by Crippen LogP contribution is 2.24. The van der Waals surface area contributed by atoms with Crippen LogP contribution in [0.5, 0.6) is 0 Å². The number of nitrogens with one attached hydrogen (secondary N) is 1. The first kappa shape index (κ1) is 14.5. The minimum absolute atomic E-state index is 0.00946. The highest BCUT2D eigenvalue weighted by molar-refractivity contribution is 5.92. The molecule has 2 rings (SSSR count). The van der Waals surface area contributed by atoms with Gasteiger partial charge in [0.05, 0.1) is 18.6 Å². The first-order valence-corrected chi connectivity index (χ1v) is 6.82. The van der Waals surface area contributed by atoms with Gasteiger partial charge in [-0.05, 0) is 25.0 Å². The second-order valence-electron chi connectivity index (χ2n) is 4.64. The van der Waals surface area contributed by atoms with Gasteiger partial charge in [0, 0.05) is 18.4 Å². The Hall–Kier alpha value is -1.90. The molecule has 1 aromatic rings. The van der Waals surface area contributed by atoms with Crippen molar-refractivity contribution >= 4 is 11.7 Å². The number of amides is 1. The molecule has 1 fully saturated rings. The average Bonchev–Trinajstić information content (AvgIpc) is 2.94. The Morgan fingerprint density at radius 3 is 3.25 bits per heavy atom. The van der Waals surface area contributed by atoms with Crippen LogP contribution in [0.2, 0.25) is 0 Å². The van der Waals surface area contributed by atoms with Crippen LogP contribution in [0.15, 0.2) is 18.3 Å². The van der Waals surface area contributed by atoms with Crippen LogP contribution in [0.4, 0.5) is 5.82 Å². The van der Waals surface area contributed by atoms with Gasteiger partial charge in [-0.1, -0.05) is 18.8 Å². The number of nitrogens with zero attached hydrogens (tertiary/aromatic N) is 1. The predicted octanol–water partition coefficient (Wildman–Crippen LogP) is 1.15. The van der Waals surface area contributed by atoms with Gasteiger partial charge in [-0.25, -0.2) is 4.98 Å². The summed E-state index contributed by atoms with van der Waals surface area (Å²) < 4.78 is 5.53. The van der Waals surface area contributed by atoms with E-state index in [0.717, 1.165) is 18.4 Å². The van der Waals surface area contributed by atoms with Crippen LogP contribution in [0.25, 0.3) is 0 Å². The van der Waals surface area contributed by atoms with Crippen molar-refractivity contribution in [1.82, 2.24) is 4.98 Å². The van der Waals surface area contributed by atoms with Crippen LogP contribution in [-0.4, -0.2) is 30.1 Å². The molecule has 1 aromatic heterocycles. The fourth-order valence-corrected chi connectivity index (χ4v) is 2.30. The van der Waals surface area contributed by atoms with E-state index in [0.29, 0.717) is 19.0 Å². The van der Waals surface area contributed by atoms with Gasteiger partial charge in [0.15, 0.2) is 0 Å². The van der Waals surface area contributed by atoms with E-state index in [1.165, 1.54) is 0 Å². The number of hydrogen-bond donors (Lipinski definition) is 2. The summed E-state index contributed by atoms with van der Waals surface area (Å²) in [6.07, 6.45) is 3.23. The first-order valence-electron chi connectivity index (χ1n) is 6.82. The van der Waals surface area contributed by atoms with Gasteiger partial charge >= 0.3 is 0 Å². The average molecular weight is 273 g/mol. The number of rotatable bonds is 3. The normalized spacial score (nSPS) is 21.1. The molecule has 5 nitrogen and oxygen atoms in total. The molecule has 0 radical (unpaired) electrons. The second kappa shape index (κ2) is 7.04. The van der Waals surface area contributed by atoms with Crippen LogP contribution in [0, 0.1) is 17.8 Å². The lowest BCUT2D eigenvalue weighted by Gasteiger charge is -2.16. The Balaban J connectivity index is 2.04. The molecule has 0 bridgehead atoms. The maximum absolute atomic E-state index is 12.2. The molecule has 2 atom stereocenters.